The summed E-state index contributed by atoms with van der Waals surface area (Å²) in [7, 11) is 1.64. The van der Waals surface area contributed by atoms with Crippen molar-refractivity contribution in [3.05, 3.63) is 29.8 Å². The molecule has 1 aromatic rings. The SMILES string of the molecule is CN(Cc1ccc(OC(F)F)cc1)C(=O)NC1CCC(C(=O)O)CC1. The van der Waals surface area contributed by atoms with Gasteiger partial charge in [0.2, 0.25) is 0 Å². The number of alkyl halides is 2. The summed E-state index contributed by atoms with van der Waals surface area (Å²) in [6, 6.07) is 5.85. The molecule has 0 aromatic heterocycles. The number of nitrogens with one attached hydrogen (secondary N) is 1. The molecule has 1 saturated carbocycles. The van der Waals surface area contributed by atoms with E-state index < -0.39 is 12.6 Å². The lowest BCUT2D eigenvalue weighted by Crippen LogP contribution is -2.44. The minimum absolute atomic E-state index is 0.0210. The van der Waals surface area contributed by atoms with Gasteiger partial charge in [-0.2, -0.15) is 8.78 Å². The summed E-state index contributed by atoms with van der Waals surface area (Å²) >= 11 is 0. The molecule has 0 unspecified atom stereocenters. The lowest BCUT2D eigenvalue weighted by atomic mass is 9.86. The van der Waals surface area contributed by atoms with Crippen LogP contribution in [0.1, 0.15) is 31.2 Å². The number of hydrogen-bond acceptors (Lipinski definition) is 3. The van der Waals surface area contributed by atoms with Crippen molar-refractivity contribution < 1.29 is 28.2 Å². The van der Waals surface area contributed by atoms with Crippen LogP contribution in [0.25, 0.3) is 0 Å². The van der Waals surface area contributed by atoms with Crippen LogP contribution < -0.4 is 10.1 Å². The Morgan fingerprint density at radius 2 is 1.84 bits per heavy atom. The highest BCUT2D eigenvalue weighted by Crippen LogP contribution is 2.24. The third kappa shape index (κ3) is 5.88. The van der Waals surface area contributed by atoms with Crippen molar-refractivity contribution in [2.24, 2.45) is 5.92 Å². The third-order valence-corrected chi connectivity index (χ3v) is 4.32. The molecule has 1 aliphatic rings. The molecule has 0 radical (unpaired) electrons. The number of halogens is 2. The molecule has 1 aromatic carbocycles. The van der Waals surface area contributed by atoms with E-state index in [-0.39, 0.29) is 23.7 Å². The molecule has 25 heavy (non-hydrogen) atoms. The summed E-state index contributed by atoms with van der Waals surface area (Å²) in [5.74, 6) is -1.03. The van der Waals surface area contributed by atoms with Gasteiger partial charge in [0.05, 0.1) is 5.92 Å². The highest BCUT2D eigenvalue weighted by Gasteiger charge is 2.27. The fourth-order valence-electron chi connectivity index (χ4n) is 2.89. The van der Waals surface area contributed by atoms with Gasteiger partial charge in [0.25, 0.3) is 0 Å². The molecule has 2 amide bonds. The Morgan fingerprint density at radius 3 is 2.36 bits per heavy atom. The molecular formula is C17H22F2N2O4. The largest absolute Gasteiger partial charge is 0.481 e. The molecule has 1 aliphatic carbocycles. The minimum atomic E-state index is -2.87. The van der Waals surface area contributed by atoms with Crippen LogP contribution >= 0.6 is 0 Å². The van der Waals surface area contributed by atoms with Crippen molar-refractivity contribution in [1.82, 2.24) is 10.2 Å². The summed E-state index contributed by atoms with van der Waals surface area (Å²) in [5.41, 5.74) is 0.786. The topological polar surface area (TPSA) is 78.9 Å². The van der Waals surface area contributed by atoms with Crippen LogP contribution in [0.15, 0.2) is 24.3 Å². The summed E-state index contributed by atoms with van der Waals surface area (Å²) in [5, 5.41) is 11.9. The van der Waals surface area contributed by atoms with Crippen molar-refractivity contribution in [3.8, 4) is 5.75 Å². The predicted molar refractivity (Wildman–Crippen MR) is 86.5 cm³/mol. The van der Waals surface area contributed by atoms with Gasteiger partial charge in [-0.1, -0.05) is 12.1 Å². The molecule has 0 heterocycles. The second-order valence-electron chi connectivity index (χ2n) is 6.21. The first-order valence-corrected chi connectivity index (χ1v) is 8.13. The van der Waals surface area contributed by atoms with Crippen molar-refractivity contribution in [1.29, 1.82) is 0 Å². The van der Waals surface area contributed by atoms with Gasteiger partial charge in [0.15, 0.2) is 0 Å². The Labute approximate surface area is 144 Å². The maximum atomic E-state index is 12.2. The fraction of sp³-hybridized carbons (Fsp3) is 0.529. The second kappa shape index (κ2) is 8.64. The number of aliphatic carboxylic acids is 1. The van der Waals surface area contributed by atoms with E-state index >= 15 is 0 Å². The van der Waals surface area contributed by atoms with Crippen LogP contribution in [0.3, 0.4) is 0 Å². The Balaban J connectivity index is 1.79. The number of urea groups is 1. The van der Waals surface area contributed by atoms with Crippen LogP contribution in [0.2, 0.25) is 0 Å². The van der Waals surface area contributed by atoms with E-state index in [1.165, 1.54) is 17.0 Å². The number of carbonyl (C=O) groups excluding carboxylic acids is 1. The van der Waals surface area contributed by atoms with Crippen LogP contribution in [0.5, 0.6) is 5.75 Å². The van der Waals surface area contributed by atoms with Crippen LogP contribution in [0, 0.1) is 5.92 Å². The van der Waals surface area contributed by atoms with Gasteiger partial charge in [-0.25, -0.2) is 4.79 Å². The van der Waals surface area contributed by atoms with Crippen molar-refractivity contribution in [2.75, 3.05) is 7.05 Å². The number of amides is 2. The van der Waals surface area contributed by atoms with Gasteiger partial charge in [-0.3, -0.25) is 4.79 Å². The first-order chi connectivity index (χ1) is 11.8. The van der Waals surface area contributed by atoms with Crippen LogP contribution in [0.4, 0.5) is 13.6 Å². The zero-order valence-electron chi connectivity index (χ0n) is 14.0. The average molecular weight is 356 g/mol. The molecule has 2 N–H and O–H groups in total. The van der Waals surface area contributed by atoms with Crippen LogP contribution in [-0.4, -0.2) is 41.7 Å². The summed E-state index contributed by atoms with van der Waals surface area (Å²) in [6.07, 6.45) is 2.43. The van der Waals surface area contributed by atoms with E-state index in [0.29, 0.717) is 32.2 Å². The van der Waals surface area contributed by atoms with Gasteiger partial charge < -0.3 is 20.1 Å². The first-order valence-electron chi connectivity index (χ1n) is 8.13. The molecule has 0 saturated heterocycles. The predicted octanol–water partition coefficient (Wildman–Crippen LogP) is 3.07. The summed E-state index contributed by atoms with van der Waals surface area (Å²) in [4.78, 5) is 24.6. The molecule has 1 fully saturated rings. The Bertz CT molecular complexity index is 587. The molecule has 6 nitrogen and oxygen atoms in total. The summed E-state index contributed by atoms with van der Waals surface area (Å²) in [6.45, 7) is -2.54. The number of carboxylic acid groups (broad SMARTS) is 1. The van der Waals surface area contributed by atoms with Crippen LogP contribution in [-0.2, 0) is 11.3 Å². The van der Waals surface area contributed by atoms with E-state index in [0.717, 1.165) is 5.56 Å². The van der Waals surface area contributed by atoms with E-state index in [9.17, 15) is 18.4 Å². The van der Waals surface area contributed by atoms with Crippen molar-refractivity contribution in [3.63, 3.8) is 0 Å². The molecule has 0 bridgehead atoms. The first kappa shape index (κ1) is 19.0. The average Bonchev–Trinajstić information content (AvgIpc) is 2.56. The normalized spacial score (nSPS) is 20.2. The van der Waals surface area contributed by atoms with E-state index in [2.05, 4.69) is 10.1 Å². The molecular weight excluding hydrogens is 334 g/mol. The Morgan fingerprint density at radius 1 is 1.24 bits per heavy atom. The quantitative estimate of drug-likeness (QED) is 0.821. The van der Waals surface area contributed by atoms with Crippen molar-refractivity contribution >= 4 is 12.0 Å². The number of nitrogens with zero attached hydrogens (tertiary/aromatic N) is 1. The smallest absolute Gasteiger partial charge is 0.387 e. The Kier molecular flexibility index (Phi) is 6.55. The van der Waals surface area contributed by atoms with Crippen molar-refractivity contribution in [2.45, 2.75) is 44.9 Å². The zero-order chi connectivity index (χ0) is 18.4. The molecule has 0 aliphatic heterocycles. The number of hydrogen-bond donors (Lipinski definition) is 2. The molecule has 0 atom stereocenters. The summed E-state index contributed by atoms with van der Waals surface area (Å²) < 4.78 is 28.5. The fourth-order valence-corrected chi connectivity index (χ4v) is 2.89. The Hall–Kier alpha value is -2.38. The third-order valence-electron chi connectivity index (χ3n) is 4.32. The highest BCUT2D eigenvalue weighted by molar-refractivity contribution is 5.74. The van der Waals surface area contributed by atoms with E-state index in [4.69, 9.17) is 5.11 Å². The van der Waals surface area contributed by atoms with Gasteiger partial charge in [0, 0.05) is 19.6 Å². The van der Waals surface area contributed by atoms with Gasteiger partial charge in [-0.15, -0.1) is 0 Å². The second-order valence-corrected chi connectivity index (χ2v) is 6.21. The number of rotatable bonds is 6. The van der Waals surface area contributed by atoms with Gasteiger partial charge >= 0.3 is 18.6 Å². The number of ether oxygens (including phenoxy) is 1. The molecule has 0 spiro atoms. The molecule has 138 valence electrons. The van der Waals surface area contributed by atoms with E-state index in [1.54, 1.807) is 19.2 Å². The number of carbonyl (C=O) groups is 2. The number of benzene rings is 1. The monoisotopic (exact) mass is 356 g/mol. The lowest BCUT2D eigenvalue weighted by Gasteiger charge is -2.28. The van der Waals surface area contributed by atoms with E-state index in [1.807, 2.05) is 0 Å². The number of carboxylic acids is 1. The zero-order valence-corrected chi connectivity index (χ0v) is 14.0. The van der Waals surface area contributed by atoms with Gasteiger partial charge in [-0.05, 0) is 43.4 Å². The maximum Gasteiger partial charge on any atom is 0.387 e. The maximum absolute atomic E-state index is 12.2. The minimum Gasteiger partial charge on any atom is -0.481 e. The standard InChI is InChI=1S/C17H22F2N2O4/c1-21(10-11-2-8-14(9-3-11)25-16(18)19)17(24)20-13-6-4-12(5-7-13)15(22)23/h2-3,8-9,12-13,16H,4-7,10H2,1H3,(H,20,24)(H,22,23). The highest BCUT2D eigenvalue weighted by atomic mass is 19.3. The lowest BCUT2D eigenvalue weighted by molar-refractivity contribution is -0.142. The molecule has 2 rings (SSSR count). The molecule has 8 heteroatoms. The van der Waals surface area contributed by atoms with Gasteiger partial charge in [0.1, 0.15) is 5.75 Å².